The maximum atomic E-state index is 11.5. The van der Waals surface area contributed by atoms with Gasteiger partial charge < -0.3 is 5.32 Å². The number of benzene rings is 1. The molecule has 1 rings (SSSR count). The Balaban J connectivity index is 2.78. The van der Waals surface area contributed by atoms with Gasteiger partial charge in [-0.3, -0.25) is 14.9 Å². The number of hydrogen-bond donors (Lipinski definition) is 1. The van der Waals surface area contributed by atoms with Crippen molar-refractivity contribution in [3.63, 3.8) is 0 Å². The quantitative estimate of drug-likeness (QED) is 0.525. The third kappa shape index (κ3) is 3.30. The lowest BCUT2D eigenvalue weighted by atomic mass is 10.2. The number of halogens is 1. The van der Waals surface area contributed by atoms with Gasteiger partial charge in [0, 0.05) is 17.8 Å². The zero-order valence-electron chi connectivity index (χ0n) is 8.64. The van der Waals surface area contributed by atoms with Crippen molar-refractivity contribution in [3.8, 4) is 0 Å². The summed E-state index contributed by atoms with van der Waals surface area (Å²) in [6.07, 6.45) is 0.654. The molecule has 1 amide bonds. The second kappa shape index (κ2) is 5.60. The Kier molecular flexibility index (Phi) is 4.42. The van der Waals surface area contributed by atoms with Crippen molar-refractivity contribution in [1.82, 2.24) is 0 Å². The van der Waals surface area contributed by atoms with E-state index in [1.165, 1.54) is 18.2 Å². The lowest BCUT2D eigenvalue weighted by molar-refractivity contribution is -0.384. The van der Waals surface area contributed by atoms with E-state index in [0.717, 1.165) is 0 Å². The van der Waals surface area contributed by atoms with Gasteiger partial charge in [0.2, 0.25) is 5.91 Å². The van der Waals surface area contributed by atoms with E-state index < -0.39 is 4.92 Å². The molecule has 0 aliphatic rings. The molecule has 86 valence electrons. The Hall–Kier alpha value is -1.43. The van der Waals surface area contributed by atoms with Crippen LogP contribution in [0.15, 0.2) is 24.3 Å². The number of amides is 1. The molecule has 16 heavy (non-hydrogen) atoms. The minimum absolute atomic E-state index is 0.0413. The molecule has 0 radical (unpaired) electrons. The predicted molar refractivity (Wildman–Crippen MR) is 64.7 cm³/mol. The van der Waals surface area contributed by atoms with E-state index in [-0.39, 0.29) is 16.4 Å². The van der Waals surface area contributed by atoms with Gasteiger partial charge in [0.15, 0.2) is 0 Å². The summed E-state index contributed by atoms with van der Waals surface area (Å²) in [4.78, 5) is 21.2. The van der Waals surface area contributed by atoms with Crippen molar-refractivity contribution in [2.24, 2.45) is 0 Å². The van der Waals surface area contributed by atoms with Gasteiger partial charge in [0.1, 0.15) is 0 Å². The Morgan fingerprint density at radius 1 is 1.62 bits per heavy atom. The van der Waals surface area contributed by atoms with Crippen molar-refractivity contribution in [1.29, 1.82) is 0 Å². The standard InChI is InChI=1S/C10H11BrN2O3/c1-2-9(11)10(14)12-7-4-3-5-8(6-7)13(15)16/h3-6,9H,2H2,1H3,(H,12,14)/t9-/m1/s1. The summed E-state index contributed by atoms with van der Waals surface area (Å²) in [7, 11) is 0. The molecule has 0 aromatic heterocycles. The average molecular weight is 287 g/mol. The number of anilines is 1. The van der Waals surface area contributed by atoms with E-state index >= 15 is 0 Å². The molecule has 1 aromatic rings. The van der Waals surface area contributed by atoms with Crippen LogP contribution in [0.25, 0.3) is 0 Å². The number of hydrogen-bond acceptors (Lipinski definition) is 3. The predicted octanol–water partition coefficient (Wildman–Crippen LogP) is 2.71. The molecule has 0 fully saturated rings. The van der Waals surface area contributed by atoms with Crippen LogP contribution < -0.4 is 5.32 Å². The Morgan fingerprint density at radius 2 is 2.31 bits per heavy atom. The minimum atomic E-state index is -0.499. The average Bonchev–Trinajstić information content (AvgIpc) is 2.28. The van der Waals surface area contributed by atoms with Gasteiger partial charge in [-0.1, -0.05) is 28.9 Å². The van der Waals surface area contributed by atoms with Crippen LogP contribution in [0.5, 0.6) is 0 Å². The number of nitro groups is 1. The molecule has 1 N–H and O–H groups in total. The fourth-order valence-electron chi connectivity index (χ4n) is 1.10. The number of nitrogens with zero attached hydrogens (tertiary/aromatic N) is 1. The van der Waals surface area contributed by atoms with Crippen LogP contribution in [0.3, 0.4) is 0 Å². The third-order valence-corrected chi connectivity index (χ3v) is 3.03. The van der Waals surface area contributed by atoms with Crippen molar-refractivity contribution in [3.05, 3.63) is 34.4 Å². The van der Waals surface area contributed by atoms with E-state index in [1.54, 1.807) is 6.07 Å². The van der Waals surface area contributed by atoms with Crippen LogP contribution >= 0.6 is 15.9 Å². The fraction of sp³-hybridized carbons (Fsp3) is 0.300. The third-order valence-electron chi connectivity index (χ3n) is 1.97. The summed E-state index contributed by atoms with van der Waals surface area (Å²) >= 11 is 3.20. The first kappa shape index (κ1) is 12.6. The summed E-state index contributed by atoms with van der Waals surface area (Å²) in [6, 6.07) is 5.84. The van der Waals surface area contributed by atoms with Crippen LogP contribution in [0, 0.1) is 10.1 Å². The van der Waals surface area contributed by atoms with Crippen molar-refractivity contribution < 1.29 is 9.72 Å². The summed E-state index contributed by atoms with van der Waals surface area (Å²) in [5.74, 6) is -0.206. The largest absolute Gasteiger partial charge is 0.325 e. The molecule has 0 spiro atoms. The van der Waals surface area contributed by atoms with Gasteiger partial charge in [-0.25, -0.2) is 0 Å². The van der Waals surface area contributed by atoms with Crippen molar-refractivity contribution in [2.45, 2.75) is 18.2 Å². The highest BCUT2D eigenvalue weighted by Gasteiger charge is 2.13. The normalized spacial score (nSPS) is 11.9. The summed E-state index contributed by atoms with van der Waals surface area (Å²) < 4.78 is 0. The molecule has 1 aromatic carbocycles. The molecule has 5 nitrogen and oxygen atoms in total. The zero-order valence-corrected chi connectivity index (χ0v) is 10.2. The highest BCUT2D eigenvalue weighted by atomic mass is 79.9. The van der Waals surface area contributed by atoms with Gasteiger partial charge in [0.25, 0.3) is 5.69 Å². The fourth-order valence-corrected chi connectivity index (χ4v) is 1.22. The Morgan fingerprint density at radius 3 is 2.88 bits per heavy atom. The number of carbonyl (C=O) groups is 1. The smallest absolute Gasteiger partial charge is 0.271 e. The molecule has 0 saturated carbocycles. The first-order valence-corrected chi connectivity index (χ1v) is 5.65. The van der Waals surface area contributed by atoms with E-state index in [4.69, 9.17) is 0 Å². The number of rotatable bonds is 4. The highest BCUT2D eigenvalue weighted by Crippen LogP contribution is 2.18. The summed E-state index contributed by atoms with van der Waals surface area (Å²) in [6.45, 7) is 1.87. The Labute approximate surface area is 101 Å². The highest BCUT2D eigenvalue weighted by molar-refractivity contribution is 9.10. The van der Waals surface area contributed by atoms with Gasteiger partial charge in [-0.15, -0.1) is 0 Å². The molecular weight excluding hydrogens is 276 g/mol. The lowest BCUT2D eigenvalue weighted by Crippen LogP contribution is -2.21. The topological polar surface area (TPSA) is 72.2 Å². The molecule has 0 saturated heterocycles. The number of alkyl halides is 1. The maximum Gasteiger partial charge on any atom is 0.271 e. The maximum absolute atomic E-state index is 11.5. The van der Waals surface area contributed by atoms with Gasteiger partial charge in [-0.05, 0) is 12.5 Å². The number of carbonyl (C=O) groups excluding carboxylic acids is 1. The van der Waals surface area contributed by atoms with E-state index in [0.29, 0.717) is 12.1 Å². The molecule has 1 atom stereocenters. The van der Waals surface area contributed by atoms with E-state index in [9.17, 15) is 14.9 Å². The summed E-state index contributed by atoms with van der Waals surface area (Å²) in [5.41, 5.74) is 0.387. The van der Waals surface area contributed by atoms with Gasteiger partial charge in [-0.2, -0.15) is 0 Å². The first-order valence-electron chi connectivity index (χ1n) is 4.74. The molecule has 0 bridgehead atoms. The molecule has 0 heterocycles. The number of non-ortho nitro benzene ring substituents is 1. The second-order valence-electron chi connectivity index (χ2n) is 3.17. The number of nitrogens with one attached hydrogen (secondary N) is 1. The molecule has 0 aliphatic carbocycles. The van der Waals surface area contributed by atoms with Crippen LogP contribution in [-0.4, -0.2) is 15.7 Å². The first-order chi connectivity index (χ1) is 7.54. The van der Waals surface area contributed by atoms with Crippen LogP contribution in [0.2, 0.25) is 0 Å². The van der Waals surface area contributed by atoms with Crippen molar-refractivity contribution >= 4 is 33.2 Å². The van der Waals surface area contributed by atoms with Crippen LogP contribution in [-0.2, 0) is 4.79 Å². The molecule has 6 heteroatoms. The van der Waals surface area contributed by atoms with Crippen LogP contribution in [0.4, 0.5) is 11.4 Å². The minimum Gasteiger partial charge on any atom is -0.325 e. The lowest BCUT2D eigenvalue weighted by Gasteiger charge is -2.08. The van der Waals surface area contributed by atoms with Crippen LogP contribution in [0.1, 0.15) is 13.3 Å². The van der Waals surface area contributed by atoms with E-state index in [2.05, 4.69) is 21.2 Å². The number of nitro benzene ring substituents is 1. The molecule has 0 unspecified atom stereocenters. The van der Waals surface area contributed by atoms with Gasteiger partial charge >= 0.3 is 0 Å². The monoisotopic (exact) mass is 286 g/mol. The summed E-state index contributed by atoms with van der Waals surface area (Å²) in [5, 5.41) is 13.1. The molecular formula is C10H11BrN2O3. The van der Waals surface area contributed by atoms with E-state index in [1.807, 2.05) is 6.92 Å². The molecule has 0 aliphatic heterocycles. The van der Waals surface area contributed by atoms with Crippen molar-refractivity contribution in [2.75, 3.05) is 5.32 Å². The SMILES string of the molecule is CC[C@@H](Br)C(=O)Nc1cccc([N+](=O)[O-])c1. The second-order valence-corrected chi connectivity index (χ2v) is 4.28. The Bertz CT molecular complexity index is 409. The van der Waals surface area contributed by atoms with Gasteiger partial charge in [0.05, 0.1) is 9.75 Å². The zero-order chi connectivity index (χ0) is 12.1.